The molecule has 0 saturated heterocycles. The van der Waals surface area contributed by atoms with Crippen LogP contribution in [0.15, 0.2) is 18.7 Å². The van der Waals surface area contributed by atoms with Gasteiger partial charge in [0.25, 0.3) is 0 Å². The summed E-state index contributed by atoms with van der Waals surface area (Å²) in [6.45, 7) is 1.91. The van der Waals surface area contributed by atoms with Crippen LogP contribution in [0.4, 0.5) is 5.82 Å². The van der Waals surface area contributed by atoms with Crippen LogP contribution in [-0.2, 0) is 0 Å². The van der Waals surface area contributed by atoms with Crippen molar-refractivity contribution in [1.82, 2.24) is 19.7 Å². The molecule has 0 spiro atoms. The second-order valence-electron chi connectivity index (χ2n) is 5.92. The molecule has 6 nitrogen and oxygen atoms in total. The highest BCUT2D eigenvalue weighted by Gasteiger charge is 2.27. The minimum absolute atomic E-state index is 0.153. The Morgan fingerprint density at radius 2 is 2.18 bits per heavy atom. The lowest BCUT2D eigenvalue weighted by atomic mass is 9.96. The highest BCUT2D eigenvalue weighted by molar-refractivity contribution is 5.65. The fourth-order valence-corrected chi connectivity index (χ4v) is 3.31. The van der Waals surface area contributed by atoms with Gasteiger partial charge in [0.15, 0.2) is 0 Å². The topological polar surface area (TPSA) is 93.4 Å². The van der Waals surface area contributed by atoms with E-state index in [0.717, 1.165) is 16.8 Å². The number of hydrogen-bond acceptors (Lipinski definition) is 5. The summed E-state index contributed by atoms with van der Waals surface area (Å²) in [5.74, 6) is 1.03. The van der Waals surface area contributed by atoms with E-state index in [4.69, 9.17) is 11.0 Å². The average Bonchev–Trinajstić information content (AvgIpc) is 3.19. The minimum atomic E-state index is 0.153. The molecule has 0 bridgehead atoms. The van der Waals surface area contributed by atoms with Crippen molar-refractivity contribution in [3.05, 3.63) is 24.3 Å². The van der Waals surface area contributed by atoms with Gasteiger partial charge >= 0.3 is 0 Å². The molecule has 0 aromatic carbocycles. The van der Waals surface area contributed by atoms with Gasteiger partial charge in [0.2, 0.25) is 0 Å². The smallest absolute Gasteiger partial charge is 0.130 e. The Morgan fingerprint density at radius 1 is 1.41 bits per heavy atom. The van der Waals surface area contributed by atoms with Crippen molar-refractivity contribution in [2.45, 2.75) is 45.1 Å². The van der Waals surface area contributed by atoms with Gasteiger partial charge in [-0.05, 0) is 25.7 Å². The normalized spacial score (nSPS) is 16.5. The van der Waals surface area contributed by atoms with E-state index in [1.807, 2.05) is 17.8 Å². The SMILES string of the molecule is Cc1c(N)ncnc1-c1cnn([C@H](CC#N)C2CCCC2)c1. The van der Waals surface area contributed by atoms with E-state index >= 15 is 0 Å². The number of aromatic nitrogens is 4. The first-order chi connectivity index (χ1) is 10.7. The van der Waals surface area contributed by atoms with Gasteiger partial charge in [-0.2, -0.15) is 10.4 Å². The van der Waals surface area contributed by atoms with Gasteiger partial charge in [-0.3, -0.25) is 4.68 Å². The first kappa shape index (κ1) is 14.5. The zero-order valence-electron chi connectivity index (χ0n) is 12.7. The Hall–Kier alpha value is -2.42. The third-order valence-electron chi connectivity index (χ3n) is 4.58. The molecule has 6 heteroatoms. The van der Waals surface area contributed by atoms with Gasteiger partial charge in [0, 0.05) is 17.3 Å². The molecular weight excluding hydrogens is 276 g/mol. The van der Waals surface area contributed by atoms with Crippen LogP contribution in [0.25, 0.3) is 11.3 Å². The van der Waals surface area contributed by atoms with Gasteiger partial charge in [0.1, 0.15) is 12.1 Å². The van der Waals surface area contributed by atoms with E-state index < -0.39 is 0 Å². The summed E-state index contributed by atoms with van der Waals surface area (Å²) < 4.78 is 1.94. The van der Waals surface area contributed by atoms with Crippen LogP contribution in [0.3, 0.4) is 0 Å². The summed E-state index contributed by atoms with van der Waals surface area (Å²) in [5, 5.41) is 13.6. The maximum Gasteiger partial charge on any atom is 0.130 e. The van der Waals surface area contributed by atoms with Gasteiger partial charge in [0.05, 0.1) is 30.4 Å². The van der Waals surface area contributed by atoms with Crippen LogP contribution in [0.1, 0.15) is 43.7 Å². The van der Waals surface area contributed by atoms with Crippen molar-refractivity contribution < 1.29 is 0 Å². The number of nitrogens with zero attached hydrogens (tertiary/aromatic N) is 5. The molecule has 0 amide bonds. The summed E-state index contributed by atoms with van der Waals surface area (Å²) >= 11 is 0. The predicted octanol–water partition coefficient (Wildman–Crippen LogP) is 2.88. The summed E-state index contributed by atoms with van der Waals surface area (Å²) in [6.07, 6.45) is 10.6. The Labute approximate surface area is 130 Å². The van der Waals surface area contributed by atoms with Crippen molar-refractivity contribution in [2.75, 3.05) is 5.73 Å². The molecule has 2 aromatic heterocycles. The Balaban J connectivity index is 1.91. The number of anilines is 1. The lowest BCUT2D eigenvalue weighted by Crippen LogP contribution is -2.17. The fourth-order valence-electron chi connectivity index (χ4n) is 3.31. The maximum atomic E-state index is 9.13. The van der Waals surface area contributed by atoms with E-state index in [-0.39, 0.29) is 6.04 Å². The van der Waals surface area contributed by atoms with Crippen molar-refractivity contribution in [2.24, 2.45) is 5.92 Å². The van der Waals surface area contributed by atoms with Crippen molar-refractivity contribution >= 4 is 5.82 Å². The largest absolute Gasteiger partial charge is 0.383 e. The summed E-state index contributed by atoms with van der Waals surface area (Å²) in [4.78, 5) is 8.31. The monoisotopic (exact) mass is 296 g/mol. The van der Waals surface area contributed by atoms with Crippen LogP contribution in [0, 0.1) is 24.2 Å². The third kappa shape index (κ3) is 2.67. The molecule has 0 aliphatic heterocycles. The molecule has 0 unspecified atom stereocenters. The van der Waals surface area contributed by atoms with Gasteiger partial charge in [-0.1, -0.05) is 12.8 Å². The zero-order chi connectivity index (χ0) is 15.5. The zero-order valence-corrected chi connectivity index (χ0v) is 12.7. The highest BCUT2D eigenvalue weighted by atomic mass is 15.3. The fraction of sp³-hybridized carbons (Fsp3) is 0.500. The van der Waals surface area contributed by atoms with Crippen molar-refractivity contribution in [1.29, 1.82) is 5.26 Å². The second kappa shape index (κ2) is 6.14. The number of rotatable bonds is 4. The van der Waals surface area contributed by atoms with Crippen LogP contribution in [-0.4, -0.2) is 19.7 Å². The molecule has 1 aliphatic rings. The van der Waals surface area contributed by atoms with E-state index in [9.17, 15) is 0 Å². The molecule has 1 fully saturated rings. The molecule has 114 valence electrons. The lowest BCUT2D eigenvalue weighted by Gasteiger charge is -2.21. The van der Waals surface area contributed by atoms with E-state index in [1.165, 1.54) is 32.0 Å². The van der Waals surface area contributed by atoms with Gasteiger partial charge in [-0.25, -0.2) is 9.97 Å². The third-order valence-corrected chi connectivity index (χ3v) is 4.58. The van der Waals surface area contributed by atoms with Gasteiger partial charge in [-0.15, -0.1) is 0 Å². The molecule has 0 radical (unpaired) electrons. The molecule has 1 aliphatic carbocycles. The highest BCUT2D eigenvalue weighted by Crippen LogP contribution is 2.36. The number of nitriles is 1. The molecule has 1 saturated carbocycles. The number of hydrogen-bond donors (Lipinski definition) is 1. The molecular formula is C16H20N6. The average molecular weight is 296 g/mol. The summed E-state index contributed by atoms with van der Waals surface area (Å²) in [6, 6.07) is 2.46. The standard InChI is InChI=1S/C16H20N6/c1-11-15(19-10-20-16(11)18)13-8-21-22(9-13)14(6-7-17)12-4-2-3-5-12/h8-10,12,14H,2-6H2,1H3,(H2,18,19,20)/t14-/m1/s1. The van der Waals surface area contributed by atoms with E-state index in [2.05, 4.69) is 21.1 Å². The first-order valence-corrected chi connectivity index (χ1v) is 7.69. The molecule has 1 atom stereocenters. The summed E-state index contributed by atoms with van der Waals surface area (Å²) in [7, 11) is 0. The quantitative estimate of drug-likeness (QED) is 0.936. The van der Waals surface area contributed by atoms with E-state index in [1.54, 1.807) is 6.20 Å². The first-order valence-electron chi connectivity index (χ1n) is 7.69. The molecule has 2 aromatic rings. The lowest BCUT2D eigenvalue weighted by molar-refractivity contribution is 0.315. The maximum absolute atomic E-state index is 9.13. The van der Waals surface area contributed by atoms with Crippen LogP contribution in [0.5, 0.6) is 0 Å². The predicted molar refractivity (Wildman–Crippen MR) is 83.6 cm³/mol. The Morgan fingerprint density at radius 3 is 2.91 bits per heavy atom. The number of nitrogen functional groups attached to an aromatic ring is 1. The van der Waals surface area contributed by atoms with Crippen molar-refractivity contribution in [3.8, 4) is 17.3 Å². The Kier molecular flexibility index (Phi) is 4.05. The van der Waals surface area contributed by atoms with Crippen LogP contribution >= 0.6 is 0 Å². The van der Waals surface area contributed by atoms with Crippen LogP contribution in [0.2, 0.25) is 0 Å². The Bertz CT molecular complexity index is 693. The molecule has 2 N–H and O–H groups in total. The number of nitrogens with two attached hydrogens (primary N) is 1. The van der Waals surface area contributed by atoms with E-state index in [0.29, 0.717) is 18.2 Å². The minimum Gasteiger partial charge on any atom is -0.383 e. The second-order valence-corrected chi connectivity index (χ2v) is 5.92. The molecule has 2 heterocycles. The molecule has 3 rings (SSSR count). The summed E-state index contributed by atoms with van der Waals surface area (Å²) in [5.41, 5.74) is 8.44. The van der Waals surface area contributed by atoms with Gasteiger partial charge < -0.3 is 5.73 Å². The van der Waals surface area contributed by atoms with Crippen molar-refractivity contribution in [3.63, 3.8) is 0 Å². The molecule has 22 heavy (non-hydrogen) atoms. The van der Waals surface area contributed by atoms with Crippen LogP contribution < -0.4 is 5.73 Å².